The van der Waals surface area contributed by atoms with Crippen LogP contribution in [0, 0.1) is 11.8 Å². The molecule has 0 bridgehead atoms. The van der Waals surface area contributed by atoms with Gasteiger partial charge in [0.2, 0.25) is 11.8 Å². The number of nitrogens with one attached hydrogen (secondary N) is 1. The lowest BCUT2D eigenvalue weighted by Gasteiger charge is -2.34. The van der Waals surface area contributed by atoms with Gasteiger partial charge in [-0.25, -0.2) is 0 Å². The van der Waals surface area contributed by atoms with E-state index in [4.69, 9.17) is 0 Å². The summed E-state index contributed by atoms with van der Waals surface area (Å²) < 4.78 is 0. The molecule has 3 rings (SSSR count). The first-order valence-electron chi connectivity index (χ1n) is 9.38. The number of hydrogen-bond acceptors (Lipinski definition) is 3. The molecule has 1 aromatic rings. The minimum atomic E-state index is -0.188. The van der Waals surface area contributed by atoms with Gasteiger partial charge in [-0.2, -0.15) is 0 Å². The molecule has 1 aromatic carbocycles. The Balaban J connectivity index is 1.62. The molecule has 3 unspecified atom stereocenters. The van der Waals surface area contributed by atoms with Crippen LogP contribution in [0.2, 0.25) is 0 Å². The number of carbonyl (C=O) groups excluding carboxylic acids is 2. The molecule has 0 saturated carbocycles. The van der Waals surface area contributed by atoms with Crippen LogP contribution in [0.3, 0.4) is 0 Å². The minimum Gasteiger partial charge on any atom is -0.342 e. The van der Waals surface area contributed by atoms with Gasteiger partial charge in [-0.3, -0.25) is 9.59 Å². The molecule has 136 valence electrons. The number of benzene rings is 1. The summed E-state index contributed by atoms with van der Waals surface area (Å²) in [7, 11) is 1.96. The highest BCUT2D eigenvalue weighted by atomic mass is 16.2. The summed E-state index contributed by atoms with van der Waals surface area (Å²) in [6.45, 7) is 5.19. The fourth-order valence-electron chi connectivity index (χ4n) is 4.16. The summed E-state index contributed by atoms with van der Waals surface area (Å²) in [4.78, 5) is 29.3. The quantitative estimate of drug-likeness (QED) is 0.890. The van der Waals surface area contributed by atoms with Crippen molar-refractivity contribution in [2.75, 3.05) is 33.2 Å². The van der Waals surface area contributed by atoms with Crippen LogP contribution >= 0.6 is 0 Å². The second kappa shape index (κ2) is 8.00. The molecule has 0 spiro atoms. The Morgan fingerprint density at radius 1 is 1.28 bits per heavy atom. The maximum absolute atomic E-state index is 12.9. The van der Waals surface area contributed by atoms with Gasteiger partial charge in [0.25, 0.3) is 0 Å². The van der Waals surface area contributed by atoms with Crippen LogP contribution in [0.5, 0.6) is 0 Å². The Bertz CT molecular complexity index is 602. The largest absolute Gasteiger partial charge is 0.342 e. The Morgan fingerprint density at radius 3 is 2.76 bits per heavy atom. The molecule has 5 heteroatoms. The molecule has 0 aliphatic carbocycles. The Hall–Kier alpha value is -1.88. The molecular formula is C20H29N3O2. The first kappa shape index (κ1) is 17.9. The number of piperidine rings is 1. The molecule has 2 aliphatic rings. The van der Waals surface area contributed by atoms with Gasteiger partial charge in [0.15, 0.2) is 0 Å². The fraction of sp³-hybridized carbons (Fsp3) is 0.600. The van der Waals surface area contributed by atoms with E-state index in [0.29, 0.717) is 18.9 Å². The summed E-state index contributed by atoms with van der Waals surface area (Å²) in [6, 6.07) is 10.1. The van der Waals surface area contributed by atoms with Gasteiger partial charge < -0.3 is 15.1 Å². The molecule has 5 nitrogen and oxygen atoms in total. The third-order valence-corrected chi connectivity index (χ3v) is 5.58. The summed E-state index contributed by atoms with van der Waals surface area (Å²) >= 11 is 0. The molecule has 2 aliphatic heterocycles. The topological polar surface area (TPSA) is 52.7 Å². The number of amides is 2. The maximum Gasteiger partial charge on any atom is 0.228 e. The first-order valence-corrected chi connectivity index (χ1v) is 9.38. The van der Waals surface area contributed by atoms with Gasteiger partial charge in [-0.15, -0.1) is 0 Å². The van der Waals surface area contributed by atoms with E-state index in [-0.39, 0.29) is 23.8 Å². The van der Waals surface area contributed by atoms with E-state index >= 15 is 0 Å². The average molecular weight is 343 g/mol. The van der Waals surface area contributed by atoms with Crippen LogP contribution in [-0.4, -0.2) is 54.8 Å². The van der Waals surface area contributed by atoms with E-state index in [2.05, 4.69) is 5.32 Å². The normalized spacial score (nSPS) is 25.3. The summed E-state index contributed by atoms with van der Waals surface area (Å²) in [6.07, 6.45) is 2.58. The zero-order valence-electron chi connectivity index (χ0n) is 15.3. The minimum absolute atomic E-state index is 0.0184. The van der Waals surface area contributed by atoms with Crippen molar-refractivity contribution in [2.45, 2.75) is 32.2 Å². The van der Waals surface area contributed by atoms with Gasteiger partial charge >= 0.3 is 0 Å². The van der Waals surface area contributed by atoms with Crippen LogP contribution in [0.1, 0.15) is 37.8 Å². The zero-order valence-corrected chi connectivity index (χ0v) is 15.3. The van der Waals surface area contributed by atoms with Crippen molar-refractivity contribution in [1.82, 2.24) is 15.1 Å². The van der Waals surface area contributed by atoms with Crippen molar-refractivity contribution >= 4 is 11.8 Å². The lowest BCUT2D eigenvalue weighted by Crippen LogP contribution is -2.45. The van der Waals surface area contributed by atoms with E-state index in [1.165, 1.54) is 6.42 Å². The third-order valence-electron chi connectivity index (χ3n) is 5.58. The highest BCUT2D eigenvalue weighted by Crippen LogP contribution is 2.30. The lowest BCUT2D eigenvalue weighted by atomic mass is 9.96. The molecule has 25 heavy (non-hydrogen) atoms. The second-order valence-electron chi connectivity index (χ2n) is 7.38. The van der Waals surface area contributed by atoms with Crippen molar-refractivity contribution in [3.05, 3.63) is 35.9 Å². The Kier molecular flexibility index (Phi) is 5.74. The number of rotatable bonds is 5. The monoisotopic (exact) mass is 343 g/mol. The van der Waals surface area contributed by atoms with E-state index in [1.807, 2.05) is 54.1 Å². The van der Waals surface area contributed by atoms with E-state index in [9.17, 15) is 9.59 Å². The number of carbonyl (C=O) groups is 2. The summed E-state index contributed by atoms with van der Waals surface area (Å²) in [5.74, 6) is 0.599. The molecule has 0 aromatic heterocycles. The Labute approximate surface area is 150 Å². The zero-order chi connectivity index (χ0) is 17.8. The van der Waals surface area contributed by atoms with E-state index in [0.717, 1.165) is 31.6 Å². The van der Waals surface area contributed by atoms with Crippen LogP contribution in [-0.2, 0) is 9.59 Å². The van der Waals surface area contributed by atoms with Crippen molar-refractivity contribution in [3.63, 3.8) is 0 Å². The highest BCUT2D eigenvalue weighted by Gasteiger charge is 2.39. The van der Waals surface area contributed by atoms with Crippen LogP contribution < -0.4 is 5.32 Å². The molecular weight excluding hydrogens is 314 g/mol. The molecule has 2 fully saturated rings. The summed E-state index contributed by atoms with van der Waals surface area (Å²) in [5, 5.41) is 3.21. The van der Waals surface area contributed by atoms with Crippen LogP contribution in [0.4, 0.5) is 0 Å². The van der Waals surface area contributed by atoms with Crippen LogP contribution in [0.15, 0.2) is 30.3 Å². The van der Waals surface area contributed by atoms with E-state index < -0.39 is 0 Å². The predicted octanol–water partition coefficient (Wildman–Crippen LogP) is 2.05. The smallest absolute Gasteiger partial charge is 0.228 e. The average Bonchev–Trinajstić information content (AvgIpc) is 3.03. The summed E-state index contributed by atoms with van der Waals surface area (Å²) in [5.41, 5.74) is 1.12. The Morgan fingerprint density at radius 2 is 2.04 bits per heavy atom. The van der Waals surface area contributed by atoms with Crippen LogP contribution in [0.25, 0.3) is 0 Å². The van der Waals surface area contributed by atoms with Gasteiger partial charge in [0.1, 0.15) is 0 Å². The highest BCUT2D eigenvalue weighted by molar-refractivity contribution is 5.89. The maximum atomic E-state index is 12.9. The van der Waals surface area contributed by atoms with Crippen molar-refractivity contribution < 1.29 is 9.59 Å². The standard InChI is InChI=1S/C20H29N3O2/c1-15(17-8-4-3-5-9-17)23-14-18(11-19(23)24)20(25)22-10-6-7-16(13-22)12-21-2/h3-5,8-9,15-16,18,21H,6-7,10-14H2,1-2H3. The second-order valence-corrected chi connectivity index (χ2v) is 7.38. The van der Waals surface area contributed by atoms with Gasteiger partial charge in [-0.05, 0) is 44.8 Å². The van der Waals surface area contributed by atoms with Crippen molar-refractivity contribution in [1.29, 1.82) is 0 Å². The SMILES string of the molecule is CNCC1CCCN(C(=O)C2CC(=O)N(C(C)c3ccccc3)C2)C1. The van der Waals surface area contributed by atoms with E-state index in [1.54, 1.807) is 0 Å². The lowest BCUT2D eigenvalue weighted by molar-refractivity contribution is -0.137. The molecule has 2 saturated heterocycles. The van der Waals surface area contributed by atoms with Gasteiger partial charge in [-0.1, -0.05) is 30.3 Å². The molecule has 1 N–H and O–H groups in total. The van der Waals surface area contributed by atoms with Crippen molar-refractivity contribution in [2.24, 2.45) is 11.8 Å². The van der Waals surface area contributed by atoms with Crippen molar-refractivity contribution in [3.8, 4) is 0 Å². The molecule has 0 radical (unpaired) electrons. The third kappa shape index (κ3) is 4.03. The van der Waals surface area contributed by atoms with Gasteiger partial charge in [0, 0.05) is 26.1 Å². The molecule has 2 amide bonds. The predicted molar refractivity (Wildman–Crippen MR) is 97.9 cm³/mol. The van der Waals surface area contributed by atoms with Gasteiger partial charge in [0.05, 0.1) is 12.0 Å². The number of nitrogens with zero attached hydrogens (tertiary/aromatic N) is 2. The fourth-order valence-corrected chi connectivity index (χ4v) is 4.16. The number of likely N-dealkylation sites (tertiary alicyclic amines) is 2. The number of hydrogen-bond donors (Lipinski definition) is 1. The molecule has 2 heterocycles. The first-order chi connectivity index (χ1) is 12.1. The molecule has 3 atom stereocenters.